The highest BCUT2D eigenvalue weighted by Gasteiger charge is 2.15. The highest BCUT2D eigenvalue weighted by molar-refractivity contribution is 5.22. The van der Waals surface area contributed by atoms with Crippen molar-refractivity contribution in [2.45, 2.75) is 25.6 Å². The van der Waals surface area contributed by atoms with E-state index in [9.17, 15) is 9.50 Å². The number of nitrogens with zero attached hydrogens (tertiary/aromatic N) is 1. The van der Waals surface area contributed by atoms with Crippen molar-refractivity contribution in [1.82, 2.24) is 4.90 Å². The van der Waals surface area contributed by atoms with Gasteiger partial charge in [-0.25, -0.2) is 4.39 Å². The molecule has 0 saturated carbocycles. The lowest BCUT2D eigenvalue weighted by atomic mass is 10.1. The molecular formula is C13H20FNO2. The first kappa shape index (κ1) is 13.9. The van der Waals surface area contributed by atoms with Crippen molar-refractivity contribution in [1.29, 1.82) is 0 Å². The van der Waals surface area contributed by atoms with Crippen molar-refractivity contribution in [3.8, 4) is 5.75 Å². The number of halogens is 1. The molecule has 2 atom stereocenters. The van der Waals surface area contributed by atoms with Gasteiger partial charge in [-0.3, -0.25) is 0 Å². The molecule has 17 heavy (non-hydrogen) atoms. The molecule has 1 aromatic rings. The van der Waals surface area contributed by atoms with Crippen molar-refractivity contribution in [3.63, 3.8) is 0 Å². The number of aliphatic hydroxyl groups excluding tert-OH is 1. The van der Waals surface area contributed by atoms with Crippen LogP contribution in [0.4, 0.5) is 4.39 Å². The molecule has 1 rings (SSSR count). The Morgan fingerprint density at radius 1 is 1.29 bits per heavy atom. The van der Waals surface area contributed by atoms with Crippen molar-refractivity contribution in [2.24, 2.45) is 0 Å². The maximum Gasteiger partial charge on any atom is 0.123 e. The molecule has 96 valence electrons. The molecule has 1 N–H and O–H groups in total. The van der Waals surface area contributed by atoms with Crippen LogP contribution >= 0.6 is 0 Å². The van der Waals surface area contributed by atoms with Crippen LogP contribution in [0.3, 0.4) is 0 Å². The number of hydrogen-bond acceptors (Lipinski definition) is 3. The van der Waals surface area contributed by atoms with E-state index < -0.39 is 6.10 Å². The van der Waals surface area contributed by atoms with Gasteiger partial charge in [0.2, 0.25) is 0 Å². The van der Waals surface area contributed by atoms with Crippen molar-refractivity contribution in [2.75, 3.05) is 20.6 Å². The van der Waals surface area contributed by atoms with Crippen LogP contribution in [0.5, 0.6) is 5.75 Å². The molecule has 0 radical (unpaired) electrons. The van der Waals surface area contributed by atoms with Crippen LogP contribution in [0.15, 0.2) is 24.3 Å². The number of benzene rings is 1. The average molecular weight is 241 g/mol. The molecule has 0 unspecified atom stereocenters. The Labute approximate surface area is 102 Å². The number of ether oxygens (including phenoxy) is 1. The highest BCUT2D eigenvalue weighted by Crippen LogP contribution is 2.15. The normalized spacial score (nSPS) is 14.7. The van der Waals surface area contributed by atoms with Crippen LogP contribution in [-0.4, -0.2) is 42.9 Å². The van der Waals surface area contributed by atoms with E-state index in [0.29, 0.717) is 12.2 Å². The molecule has 0 aliphatic rings. The molecule has 0 aliphatic heterocycles. The van der Waals surface area contributed by atoms with E-state index >= 15 is 0 Å². The zero-order valence-corrected chi connectivity index (χ0v) is 10.6. The summed E-state index contributed by atoms with van der Waals surface area (Å²) in [5.41, 5.74) is 0. The van der Waals surface area contributed by atoms with Gasteiger partial charge in [0.1, 0.15) is 17.7 Å². The lowest BCUT2D eigenvalue weighted by molar-refractivity contribution is 0.0373. The third kappa shape index (κ3) is 5.15. The van der Waals surface area contributed by atoms with E-state index in [0.717, 1.165) is 6.54 Å². The summed E-state index contributed by atoms with van der Waals surface area (Å²) >= 11 is 0. The monoisotopic (exact) mass is 241 g/mol. The van der Waals surface area contributed by atoms with Gasteiger partial charge in [0, 0.05) is 6.54 Å². The van der Waals surface area contributed by atoms with Gasteiger partial charge in [-0.05, 0) is 51.7 Å². The summed E-state index contributed by atoms with van der Waals surface area (Å²) in [6.45, 7) is 2.61. The highest BCUT2D eigenvalue weighted by atomic mass is 19.1. The summed E-state index contributed by atoms with van der Waals surface area (Å²) in [6.07, 6.45) is -0.183. The zero-order chi connectivity index (χ0) is 12.8. The quantitative estimate of drug-likeness (QED) is 0.825. The fraction of sp³-hybridized carbons (Fsp3) is 0.538. The Hall–Kier alpha value is -1.13. The van der Waals surface area contributed by atoms with Crippen LogP contribution in [0.2, 0.25) is 0 Å². The zero-order valence-electron chi connectivity index (χ0n) is 10.6. The summed E-state index contributed by atoms with van der Waals surface area (Å²) in [6, 6.07) is 5.80. The molecule has 0 amide bonds. The molecule has 0 aromatic heterocycles. The van der Waals surface area contributed by atoms with Crippen LogP contribution in [-0.2, 0) is 0 Å². The largest absolute Gasteiger partial charge is 0.488 e. The van der Waals surface area contributed by atoms with Gasteiger partial charge in [-0.1, -0.05) is 0 Å². The standard InChI is InChI=1S/C13H20FNO2/c1-10(13(16)8-9-15(2)3)17-12-6-4-11(14)5-7-12/h4-7,10,13,16H,8-9H2,1-3H3/t10-,13+/m0/s1. The first-order valence-electron chi connectivity index (χ1n) is 5.74. The smallest absolute Gasteiger partial charge is 0.123 e. The fourth-order valence-electron chi connectivity index (χ4n) is 1.43. The maximum absolute atomic E-state index is 12.7. The van der Waals surface area contributed by atoms with Crippen molar-refractivity contribution < 1.29 is 14.2 Å². The minimum atomic E-state index is -0.526. The molecule has 0 bridgehead atoms. The average Bonchev–Trinajstić information content (AvgIpc) is 2.28. The number of aliphatic hydroxyl groups is 1. The van der Waals surface area contributed by atoms with Crippen LogP contribution in [0.25, 0.3) is 0 Å². The van der Waals surface area contributed by atoms with Crippen LogP contribution in [0.1, 0.15) is 13.3 Å². The maximum atomic E-state index is 12.7. The Balaban J connectivity index is 2.42. The predicted molar refractivity (Wildman–Crippen MR) is 65.7 cm³/mol. The number of hydrogen-bond donors (Lipinski definition) is 1. The molecule has 3 nitrogen and oxygen atoms in total. The Morgan fingerprint density at radius 3 is 2.41 bits per heavy atom. The molecule has 0 heterocycles. The SMILES string of the molecule is C[C@H](Oc1ccc(F)cc1)[C@H](O)CCN(C)C. The van der Waals surface area contributed by atoms with Gasteiger partial charge in [-0.2, -0.15) is 0 Å². The second-order valence-electron chi connectivity index (χ2n) is 4.44. The van der Waals surface area contributed by atoms with Gasteiger partial charge in [-0.15, -0.1) is 0 Å². The van der Waals surface area contributed by atoms with Gasteiger partial charge in [0.05, 0.1) is 6.10 Å². The van der Waals surface area contributed by atoms with E-state index in [1.807, 2.05) is 25.9 Å². The summed E-state index contributed by atoms with van der Waals surface area (Å²) < 4.78 is 18.2. The van der Waals surface area contributed by atoms with Crippen LogP contribution < -0.4 is 4.74 Å². The summed E-state index contributed by atoms with van der Waals surface area (Å²) in [5.74, 6) is 0.279. The summed E-state index contributed by atoms with van der Waals surface area (Å²) in [5, 5.41) is 9.86. The summed E-state index contributed by atoms with van der Waals surface area (Å²) in [4.78, 5) is 2.01. The van der Waals surface area contributed by atoms with Crippen molar-refractivity contribution >= 4 is 0 Å². The topological polar surface area (TPSA) is 32.7 Å². The van der Waals surface area contributed by atoms with E-state index in [1.165, 1.54) is 12.1 Å². The minimum Gasteiger partial charge on any atom is -0.488 e. The molecule has 0 spiro atoms. The van der Waals surface area contributed by atoms with E-state index in [-0.39, 0.29) is 11.9 Å². The minimum absolute atomic E-state index is 0.293. The van der Waals surface area contributed by atoms with Gasteiger partial charge in [0.15, 0.2) is 0 Å². The second kappa shape index (κ2) is 6.57. The lowest BCUT2D eigenvalue weighted by Crippen LogP contribution is -2.31. The molecule has 4 heteroatoms. The molecule has 0 saturated heterocycles. The first-order chi connectivity index (χ1) is 7.99. The Bertz CT molecular complexity index is 327. The first-order valence-corrected chi connectivity index (χ1v) is 5.74. The Morgan fingerprint density at radius 2 is 1.88 bits per heavy atom. The van der Waals surface area contributed by atoms with E-state index in [4.69, 9.17) is 4.74 Å². The van der Waals surface area contributed by atoms with Gasteiger partial charge in [0.25, 0.3) is 0 Å². The van der Waals surface area contributed by atoms with Gasteiger partial charge < -0.3 is 14.7 Å². The molecule has 1 aromatic carbocycles. The number of rotatable bonds is 6. The van der Waals surface area contributed by atoms with Crippen LogP contribution in [0, 0.1) is 5.82 Å². The predicted octanol–water partition coefficient (Wildman–Crippen LogP) is 1.91. The summed E-state index contributed by atoms with van der Waals surface area (Å²) in [7, 11) is 3.91. The third-order valence-corrected chi connectivity index (χ3v) is 2.55. The Kier molecular flexibility index (Phi) is 5.38. The second-order valence-corrected chi connectivity index (χ2v) is 4.44. The van der Waals surface area contributed by atoms with E-state index in [1.54, 1.807) is 12.1 Å². The lowest BCUT2D eigenvalue weighted by Gasteiger charge is -2.21. The van der Waals surface area contributed by atoms with Crippen molar-refractivity contribution in [3.05, 3.63) is 30.1 Å². The fourth-order valence-corrected chi connectivity index (χ4v) is 1.43. The molecule has 0 fully saturated rings. The van der Waals surface area contributed by atoms with E-state index in [2.05, 4.69) is 0 Å². The van der Waals surface area contributed by atoms with Gasteiger partial charge >= 0.3 is 0 Å². The molecule has 0 aliphatic carbocycles. The molecular weight excluding hydrogens is 221 g/mol. The third-order valence-electron chi connectivity index (χ3n) is 2.55.